The number of hydrogen-bond donors (Lipinski definition) is 0. The molecule has 0 N–H and O–H groups in total. The highest BCUT2D eigenvalue weighted by Crippen LogP contribution is 2.28. The number of para-hydroxylation sites is 1. The predicted octanol–water partition coefficient (Wildman–Crippen LogP) is 3.04. The Morgan fingerprint density at radius 1 is 1.13 bits per heavy atom. The minimum absolute atomic E-state index is 0.252. The Morgan fingerprint density at radius 2 is 1.83 bits per heavy atom. The van der Waals surface area contributed by atoms with E-state index >= 15 is 0 Å². The fourth-order valence-corrected chi connectivity index (χ4v) is 2.63. The van der Waals surface area contributed by atoms with E-state index in [9.17, 15) is 9.59 Å². The topological polar surface area (TPSA) is 62.2 Å². The molecule has 0 bridgehead atoms. The molecule has 6 heteroatoms. The second-order valence-corrected chi connectivity index (χ2v) is 5.28. The first kappa shape index (κ1) is 15.0. The Bertz CT molecular complexity index is 763. The van der Waals surface area contributed by atoms with E-state index in [1.807, 2.05) is 32.0 Å². The van der Waals surface area contributed by atoms with Crippen molar-refractivity contribution in [2.75, 3.05) is 11.6 Å². The van der Waals surface area contributed by atoms with Crippen LogP contribution in [0.3, 0.4) is 0 Å². The van der Waals surface area contributed by atoms with Crippen LogP contribution in [0.5, 0.6) is 0 Å². The van der Waals surface area contributed by atoms with E-state index in [-0.39, 0.29) is 11.7 Å². The third-order valence-corrected chi connectivity index (χ3v) is 3.76. The molecule has 3 rings (SSSR count). The van der Waals surface area contributed by atoms with Crippen molar-refractivity contribution in [3.8, 4) is 0 Å². The molecular weight excluding hydrogens is 294 g/mol. The van der Waals surface area contributed by atoms with Crippen molar-refractivity contribution in [1.82, 2.24) is 4.90 Å². The summed E-state index contributed by atoms with van der Waals surface area (Å²) >= 11 is 0. The van der Waals surface area contributed by atoms with Crippen LogP contribution in [0.25, 0.3) is 0 Å². The lowest BCUT2D eigenvalue weighted by Gasteiger charge is -2.26. The van der Waals surface area contributed by atoms with Gasteiger partial charge < -0.3 is 4.74 Å². The van der Waals surface area contributed by atoms with Crippen molar-refractivity contribution in [2.45, 2.75) is 20.8 Å². The van der Waals surface area contributed by atoms with Gasteiger partial charge in [-0.25, -0.2) is 4.79 Å². The van der Waals surface area contributed by atoms with E-state index in [0.29, 0.717) is 23.5 Å². The minimum atomic E-state index is -0.478. The van der Waals surface area contributed by atoms with Crippen LogP contribution in [0, 0.1) is 0 Å². The number of nitrogens with zero attached hydrogens (tertiary/aromatic N) is 3. The Hall–Kier alpha value is -2.89. The molecule has 23 heavy (non-hydrogen) atoms. The van der Waals surface area contributed by atoms with Crippen LogP contribution in [-0.2, 0) is 9.53 Å². The molecule has 0 atom stereocenters. The van der Waals surface area contributed by atoms with Gasteiger partial charge in [-0.15, -0.1) is 0 Å². The third kappa shape index (κ3) is 2.52. The Balaban J connectivity index is 2.02. The van der Waals surface area contributed by atoms with E-state index in [4.69, 9.17) is 4.74 Å². The summed E-state index contributed by atoms with van der Waals surface area (Å²) in [6, 6.07) is 9.14. The van der Waals surface area contributed by atoms with E-state index < -0.39 is 6.09 Å². The summed E-state index contributed by atoms with van der Waals surface area (Å²) in [4.78, 5) is 26.2. The van der Waals surface area contributed by atoms with Crippen molar-refractivity contribution in [1.29, 1.82) is 0 Å². The number of benzene rings is 1. The number of hydrazone groups is 1. The SMILES string of the molecule is CCN1C(=O)O/C(=C2/C(=O)N(c3ccccc3)N=C2C)C=C1C. The molecule has 0 saturated heterocycles. The molecule has 2 amide bonds. The maximum Gasteiger partial charge on any atom is 0.419 e. The maximum absolute atomic E-state index is 12.7. The lowest BCUT2D eigenvalue weighted by Crippen LogP contribution is -2.34. The molecule has 0 aliphatic carbocycles. The first-order valence-corrected chi connectivity index (χ1v) is 7.40. The smallest absolute Gasteiger partial charge is 0.409 e. The number of rotatable bonds is 2. The molecule has 2 aliphatic heterocycles. The molecule has 0 aromatic heterocycles. The highest BCUT2D eigenvalue weighted by Gasteiger charge is 2.34. The first-order valence-electron chi connectivity index (χ1n) is 7.40. The summed E-state index contributed by atoms with van der Waals surface area (Å²) in [7, 11) is 0. The molecule has 1 aromatic carbocycles. The van der Waals surface area contributed by atoms with Gasteiger partial charge in [-0.2, -0.15) is 10.1 Å². The largest absolute Gasteiger partial charge is 0.419 e. The van der Waals surface area contributed by atoms with Crippen LogP contribution in [0.2, 0.25) is 0 Å². The maximum atomic E-state index is 12.7. The van der Waals surface area contributed by atoms with Crippen LogP contribution in [0.1, 0.15) is 20.8 Å². The number of allylic oxidation sites excluding steroid dienone is 2. The van der Waals surface area contributed by atoms with E-state index in [0.717, 1.165) is 5.70 Å². The number of anilines is 1. The molecule has 0 radical (unpaired) electrons. The van der Waals surface area contributed by atoms with Crippen LogP contribution in [0.15, 0.2) is 58.5 Å². The Morgan fingerprint density at radius 3 is 2.43 bits per heavy atom. The summed E-state index contributed by atoms with van der Waals surface area (Å²) in [5.74, 6) is -0.0487. The van der Waals surface area contributed by atoms with E-state index in [1.54, 1.807) is 25.1 Å². The normalized spacial score (nSPS) is 21.3. The number of carbonyl (C=O) groups excluding carboxylic acids is 2. The van der Waals surface area contributed by atoms with E-state index in [2.05, 4.69) is 5.10 Å². The van der Waals surface area contributed by atoms with Gasteiger partial charge in [-0.05, 0) is 32.9 Å². The Labute approximate surface area is 134 Å². The molecule has 0 fully saturated rings. The van der Waals surface area contributed by atoms with Gasteiger partial charge in [-0.1, -0.05) is 18.2 Å². The van der Waals surface area contributed by atoms with Crippen molar-refractivity contribution in [2.24, 2.45) is 5.10 Å². The van der Waals surface area contributed by atoms with Crippen LogP contribution in [0.4, 0.5) is 10.5 Å². The summed E-state index contributed by atoms with van der Waals surface area (Å²) in [5, 5.41) is 5.61. The lowest BCUT2D eigenvalue weighted by molar-refractivity contribution is -0.114. The molecule has 1 aromatic rings. The van der Waals surface area contributed by atoms with Gasteiger partial charge in [0.05, 0.1) is 11.4 Å². The highest BCUT2D eigenvalue weighted by atomic mass is 16.6. The quantitative estimate of drug-likeness (QED) is 0.789. The zero-order chi connectivity index (χ0) is 16.6. The molecule has 0 saturated carbocycles. The summed E-state index contributed by atoms with van der Waals surface area (Å²) < 4.78 is 5.33. The van der Waals surface area contributed by atoms with Gasteiger partial charge in [0.1, 0.15) is 11.3 Å². The predicted molar refractivity (Wildman–Crippen MR) is 86.7 cm³/mol. The number of amides is 2. The molecule has 2 heterocycles. The van der Waals surface area contributed by atoms with Crippen LogP contribution < -0.4 is 5.01 Å². The average molecular weight is 311 g/mol. The van der Waals surface area contributed by atoms with Crippen LogP contribution >= 0.6 is 0 Å². The average Bonchev–Trinajstić information content (AvgIpc) is 2.82. The summed E-state index contributed by atoms with van der Waals surface area (Å²) in [6.07, 6.45) is 1.22. The monoisotopic (exact) mass is 311 g/mol. The number of cyclic esters (lactones) is 1. The van der Waals surface area contributed by atoms with Gasteiger partial charge in [0.25, 0.3) is 5.91 Å². The summed E-state index contributed by atoms with van der Waals surface area (Å²) in [6.45, 7) is 5.92. The molecule has 0 unspecified atom stereocenters. The molecule has 118 valence electrons. The fraction of sp³-hybridized carbons (Fsp3) is 0.235. The van der Waals surface area contributed by atoms with Gasteiger partial charge in [-0.3, -0.25) is 9.69 Å². The van der Waals surface area contributed by atoms with Gasteiger partial charge >= 0.3 is 6.09 Å². The molecule has 6 nitrogen and oxygen atoms in total. The summed E-state index contributed by atoms with van der Waals surface area (Å²) in [5.41, 5.74) is 2.25. The first-order chi connectivity index (χ1) is 11.0. The second-order valence-electron chi connectivity index (χ2n) is 5.28. The van der Waals surface area contributed by atoms with Crippen molar-refractivity contribution >= 4 is 23.4 Å². The van der Waals surface area contributed by atoms with E-state index in [1.165, 1.54) is 9.91 Å². The fourth-order valence-electron chi connectivity index (χ4n) is 2.63. The highest BCUT2D eigenvalue weighted by molar-refractivity contribution is 6.30. The van der Waals surface area contributed by atoms with Crippen LogP contribution in [-0.4, -0.2) is 29.2 Å². The van der Waals surface area contributed by atoms with Gasteiger partial charge in [0, 0.05) is 18.3 Å². The Kier molecular flexibility index (Phi) is 3.73. The number of hydrogen-bond acceptors (Lipinski definition) is 4. The standard InChI is InChI=1S/C17H17N3O3/c1-4-19-11(2)10-14(23-17(19)22)15-12(3)18-20(16(15)21)13-8-6-5-7-9-13/h5-10H,4H2,1-3H3/b15-14+. The zero-order valence-corrected chi connectivity index (χ0v) is 13.2. The van der Waals surface area contributed by atoms with Crippen molar-refractivity contribution in [3.05, 3.63) is 53.4 Å². The van der Waals surface area contributed by atoms with Gasteiger partial charge in [0.15, 0.2) is 0 Å². The zero-order valence-electron chi connectivity index (χ0n) is 13.2. The minimum Gasteiger partial charge on any atom is -0.409 e. The second kappa shape index (κ2) is 5.72. The number of ether oxygens (including phenoxy) is 1. The molecule has 2 aliphatic rings. The molecular formula is C17H17N3O3. The van der Waals surface area contributed by atoms with Gasteiger partial charge in [0.2, 0.25) is 0 Å². The third-order valence-electron chi connectivity index (χ3n) is 3.76. The van der Waals surface area contributed by atoms with Crippen molar-refractivity contribution in [3.63, 3.8) is 0 Å². The number of carbonyl (C=O) groups is 2. The van der Waals surface area contributed by atoms with Crippen molar-refractivity contribution < 1.29 is 14.3 Å². The lowest BCUT2D eigenvalue weighted by atomic mass is 10.1. The molecule has 0 spiro atoms.